The molecule has 0 saturated carbocycles. The normalized spacial score (nSPS) is 19.7. The van der Waals surface area contributed by atoms with Crippen molar-refractivity contribution < 1.29 is 4.42 Å². The lowest BCUT2D eigenvalue weighted by Gasteiger charge is -2.37. The van der Waals surface area contributed by atoms with Crippen LogP contribution in [0, 0.1) is 5.92 Å². The summed E-state index contributed by atoms with van der Waals surface area (Å²) in [6.07, 6.45) is 2.31. The van der Waals surface area contributed by atoms with Crippen molar-refractivity contribution in [2.24, 2.45) is 5.92 Å². The van der Waals surface area contributed by atoms with Crippen LogP contribution in [0.1, 0.15) is 39.5 Å². The minimum Gasteiger partial charge on any atom is -0.460 e. The van der Waals surface area contributed by atoms with Crippen LogP contribution in [-0.2, 0) is 5.41 Å². The summed E-state index contributed by atoms with van der Waals surface area (Å²) in [4.78, 5) is 0. The molecule has 38 heavy (non-hydrogen) atoms. The first-order valence-electron chi connectivity index (χ1n) is 13.0. The van der Waals surface area contributed by atoms with Crippen LogP contribution in [0.4, 0.5) is 0 Å². The fourth-order valence-corrected chi connectivity index (χ4v) is 8.23. The standard InChI is InChI=1S/C35H20Cl2O/c36-21-14-13-19-16-25-28(17-20(19)15-21)35(26-10-4-1-7-22(26)23-8-2-5-11-27(23)35)29-18-30(37)33-24-9-3-6-12-31(24)38-34(33)32(25)29/h1-18,29,32H. The van der Waals surface area contributed by atoms with Crippen LogP contribution in [-0.4, -0.2) is 0 Å². The average molecular weight is 527 g/mol. The highest BCUT2D eigenvalue weighted by molar-refractivity contribution is 6.50. The van der Waals surface area contributed by atoms with Gasteiger partial charge < -0.3 is 4.42 Å². The van der Waals surface area contributed by atoms with E-state index in [0.717, 1.165) is 37.7 Å². The van der Waals surface area contributed by atoms with Gasteiger partial charge in [0.2, 0.25) is 0 Å². The summed E-state index contributed by atoms with van der Waals surface area (Å²) in [5, 5.41) is 4.92. The van der Waals surface area contributed by atoms with Crippen molar-refractivity contribution in [1.29, 1.82) is 0 Å². The first-order valence-corrected chi connectivity index (χ1v) is 13.7. The van der Waals surface area contributed by atoms with Crippen LogP contribution in [0.25, 0.3) is 37.9 Å². The lowest BCUT2D eigenvalue weighted by atomic mass is 9.64. The Bertz CT molecular complexity index is 1980. The van der Waals surface area contributed by atoms with Gasteiger partial charge in [0.25, 0.3) is 0 Å². The van der Waals surface area contributed by atoms with Gasteiger partial charge in [0, 0.05) is 26.9 Å². The van der Waals surface area contributed by atoms with Crippen molar-refractivity contribution in [2.75, 3.05) is 0 Å². The maximum atomic E-state index is 7.20. The quantitative estimate of drug-likeness (QED) is 0.192. The van der Waals surface area contributed by atoms with Gasteiger partial charge in [-0.3, -0.25) is 0 Å². The molecule has 3 heteroatoms. The predicted octanol–water partition coefficient (Wildman–Crippen LogP) is 9.91. The summed E-state index contributed by atoms with van der Waals surface area (Å²) in [7, 11) is 0. The number of fused-ring (bicyclic) bond motifs is 15. The monoisotopic (exact) mass is 526 g/mol. The molecule has 0 fully saturated rings. The van der Waals surface area contributed by atoms with Gasteiger partial charge in [0.1, 0.15) is 11.3 Å². The van der Waals surface area contributed by atoms with E-state index in [2.05, 4.69) is 91.0 Å². The summed E-state index contributed by atoms with van der Waals surface area (Å²) in [6, 6.07) is 36.9. The number of furan rings is 1. The number of benzene rings is 5. The number of allylic oxidation sites excluding steroid dienone is 1. The molecule has 0 aliphatic heterocycles. The lowest BCUT2D eigenvalue weighted by molar-refractivity contribution is 0.407. The molecule has 0 bridgehead atoms. The largest absolute Gasteiger partial charge is 0.460 e. The molecular formula is C35H20Cl2O. The zero-order valence-corrected chi connectivity index (χ0v) is 21.7. The van der Waals surface area contributed by atoms with Gasteiger partial charge >= 0.3 is 0 Å². The summed E-state index contributed by atoms with van der Waals surface area (Å²) < 4.78 is 6.70. The van der Waals surface area contributed by atoms with Crippen LogP contribution in [0.15, 0.2) is 114 Å². The van der Waals surface area contributed by atoms with Crippen molar-refractivity contribution >= 4 is 50.0 Å². The minimum absolute atomic E-state index is 0.0363. The Labute approximate surface area is 229 Å². The van der Waals surface area contributed by atoms with Crippen LogP contribution in [0.3, 0.4) is 0 Å². The zero-order valence-electron chi connectivity index (χ0n) is 20.2. The number of para-hydroxylation sites is 1. The third-order valence-corrected chi connectivity index (χ3v) is 9.60. The predicted molar refractivity (Wildman–Crippen MR) is 156 cm³/mol. The molecule has 6 aromatic rings. The lowest BCUT2D eigenvalue weighted by Crippen LogP contribution is -2.34. The Balaban J connectivity index is 1.47. The van der Waals surface area contributed by atoms with E-state index in [9.17, 15) is 0 Å². The molecule has 3 aliphatic carbocycles. The maximum absolute atomic E-state index is 7.20. The summed E-state index contributed by atoms with van der Waals surface area (Å²) >= 11 is 13.7. The molecule has 9 rings (SSSR count). The third-order valence-electron chi connectivity index (χ3n) is 9.05. The van der Waals surface area contributed by atoms with E-state index in [-0.39, 0.29) is 17.3 Å². The highest BCUT2D eigenvalue weighted by Gasteiger charge is 2.60. The van der Waals surface area contributed by atoms with Crippen molar-refractivity contribution in [3.63, 3.8) is 0 Å². The molecule has 0 saturated heterocycles. The first-order chi connectivity index (χ1) is 18.7. The fraction of sp³-hybridized carbons (Fsp3) is 0.0857. The Morgan fingerprint density at radius 1 is 0.658 bits per heavy atom. The second kappa shape index (κ2) is 7.20. The summed E-state index contributed by atoms with van der Waals surface area (Å²) in [5.74, 6) is 1.07. The SMILES string of the molecule is ClC1=CC2C(c3cc4ccc(Cl)cc4cc3C23c2ccccc2-c2ccccc23)c2oc3ccccc3c21. The molecule has 180 valence electrons. The molecule has 1 heterocycles. The van der Waals surface area contributed by atoms with Gasteiger partial charge in [-0.1, -0.05) is 108 Å². The second-order valence-electron chi connectivity index (χ2n) is 10.7. The second-order valence-corrected chi connectivity index (χ2v) is 11.5. The summed E-state index contributed by atoms with van der Waals surface area (Å²) in [5.41, 5.74) is 9.38. The van der Waals surface area contributed by atoms with Gasteiger partial charge in [-0.15, -0.1) is 0 Å². The van der Waals surface area contributed by atoms with Gasteiger partial charge in [-0.2, -0.15) is 0 Å². The molecule has 2 atom stereocenters. The van der Waals surface area contributed by atoms with Crippen molar-refractivity contribution in [3.05, 3.63) is 148 Å². The van der Waals surface area contributed by atoms with Crippen LogP contribution in [0.5, 0.6) is 0 Å². The first kappa shape index (κ1) is 21.2. The molecule has 1 aromatic heterocycles. The molecule has 5 aromatic carbocycles. The van der Waals surface area contributed by atoms with E-state index >= 15 is 0 Å². The number of halogens is 2. The Hall–Kier alpha value is -3.78. The molecular weight excluding hydrogens is 507 g/mol. The summed E-state index contributed by atoms with van der Waals surface area (Å²) in [6.45, 7) is 0. The smallest absolute Gasteiger partial charge is 0.134 e. The number of rotatable bonds is 0. The highest BCUT2D eigenvalue weighted by atomic mass is 35.5. The van der Waals surface area contributed by atoms with Gasteiger partial charge in [0.05, 0.1) is 11.3 Å². The van der Waals surface area contributed by atoms with E-state index in [4.69, 9.17) is 27.6 Å². The highest BCUT2D eigenvalue weighted by Crippen LogP contribution is 2.68. The molecule has 0 amide bonds. The van der Waals surface area contributed by atoms with E-state index in [0.29, 0.717) is 0 Å². The van der Waals surface area contributed by atoms with Crippen molar-refractivity contribution in [2.45, 2.75) is 11.3 Å². The molecule has 1 nitrogen and oxygen atoms in total. The Morgan fingerprint density at radius 3 is 2.16 bits per heavy atom. The molecule has 2 unspecified atom stereocenters. The topological polar surface area (TPSA) is 13.1 Å². The van der Waals surface area contributed by atoms with Gasteiger partial charge in [0.15, 0.2) is 0 Å². The maximum Gasteiger partial charge on any atom is 0.134 e. The Morgan fingerprint density at radius 2 is 1.37 bits per heavy atom. The molecule has 0 radical (unpaired) electrons. The van der Waals surface area contributed by atoms with Crippen LogP contribution in [0.2, 0.25) is 5.02 Å². The van der Waals surface area contributed by atoms with Crippen molar-refractivity contribution in [1.82, 2.24) is 0 Å². The molecule has 0 N–H and O–H groups in total. The van der Waals surface area contributed by atoms with E-state index in [1.807, 2.05) is 18.2 Å². The molecule has 1 spiro atoms. The van der Waals surface area contributed by atoms with Gasteiger partial charge in [-0.05, 0) is 68.4 Å². The van der Waals surface area contributed by atoms with Gasteiger partial charge in [-0.25, -0.2) is 0 Å². The fourth-order valence-electron chi connectivity index (χ4n) is 7.72. The van der Waals surface area contributed by atoms with Crippen molar-refractivity contribution in [3.8, 4) is 11.1 Å². The molecule has 3 aliphatic rings. The minimum atomic E-state index is -0.388. The number of hydrogen-bond acceptors (Lipinski definition) is 1. The average Bonchev–Trinajstić information content (AvgIpc) is 3.56. The van der Waals surface area contributed by atoms with Crippen LogP contribution < -0.4 is 0 Å². The third kappa shape index (κ3) is 2.41. The number of hydrogen-bond donors (Lipinski definition) is 0. The Kier molecular flexibility index (Phi) is 4.01. The van der Waals surface area contributed by atoms with E-state index < -0.39 is 0 Å². The zero-order chi connectivity index (χ0) is 25.2. The van der Waals surface area contributed by atoms with E-state index in [1.165, 1.54) is 38.8 Å². The van der Waals surface area contributed by atoms with E-state index in [1.54, 1.807) is 0 Å². The van der Waals surface area contributed by atoms with Crippen LogP contribution >= 0.6 is 23.2 Å².